The van der Waals surface area contributed by atoms with E-state index in [1.807, 2.05) is 24.3 Å². The first-order chi connectivity index (χ1) is 9.95. The van der Waals surface area contributed by atoms with E-state index in [9.17, 15) is 4.79 Å². The molecule has 112 valence electrons. The van der Waals surface area contributed by atoms with Gasteiger partial charge in [-0.2, -0.15) is 0 Å². The summed E-state index contributed by atoms with van der Waals surface area (Å²) in [5, 5.41) is 3.47. The van der Waals surface area contributed by atoms with Crippen molar-refractivity contribution in [1.29, 1.82) is 0 Å². The Morgan fingerprint density at radius 2 is 1.90 bits per heavy atom. The van der Waals surface area contributed by atoms with Crippen molar-refractivity contribution in [2.24, 2.45) is 0 Å². The van der Waals surface area contributed by atoms with Crippen molar-refractivity contribution in [1.82, 2.24) is 4.90 Å². The molecule has 0 aliphatic carbocycles. The van der Waals surface area contributed by atoms with Gasteiger partial charge in [0.05, 0.1) is 16.2 Å². The molecule has 0 aliphatic rings. The molecule has 1 atom stereocenters. The molecule has 0 aliphatic heterocycles. The van der Waals surface area contributed by atoms with E-state index >= 15 is 0 Å². The Bertz CT molecular complexity index is 607. The van der Waals surface area contributed by atoms with Gasteiger partial charge >= 0.3 is 0 Å². The second-order valence-electron chi connectivity index (χ2n) is 5.17. The van der Waals surface area contributed by atoms with E-state index in [1.54, 1.807) is 30.3 Å². The second kappa shape index (κ2) is 7.09. The number of amides is 1. The lowest BCUT2D eigenvalue weighted by Gasteiger charge is -2.14. The molecule has 2 rings (SSSR count). The lowest BCUT2D eigenvalue weighted by atomic mass is 10.1. The number of carbonyl (C=O) groups is 1. The van der Waals surface area contributed by atoms with Gasteiger partial charge in [0.25, 0.3) is 0 Å². The number of anilines is 1. The smallest absolute Gasteiger partial charge is 0.226 e. The highest BCUT2D eigenvalue weighted by Crippen LogP contribution is 2.29. The summed E-state index contributed by atoms with van der Waals surface area (Å²) in [6, 6.07) is 12.5. The summed E-state index contributed by atoms with van der Waals surface area (Å²) < 4.78 is 1.14. The number of thiophene rings is 1. The van der Waals surface area contributed by atoms with Gasteiger partial charge in [-0.05, 0) is 52.7 Å². The minimum absolute atomic E-state index is 0.118. The van der Waals surface area contributed by atoms with E-state index < -0.39 is 0 Å². The molecule has 1 heterocycles. The fraction of sp³-hybridized carbons (Fsp3) is 0.312. The van der Waals surface area contributed by atoms with E-state index in [4.69, 9.17) is 0 Å². The van der Waals surface area contributed by atoms with Crippen LogP contribution < -0.4 is 5.32 Å². The third kappa shape index (κ3) is 4.58. The Hall–Kier alpha value is -1.33. The Balaban J connectivity index is 1.97. The maximum Gasteiger partial charge on any atom is 0.226 e. The molecule has 1 aromatic carbocycles. The molecule has 0 saturated carbocycles. The molecule has 0 spiro atoms. The van der Waals surface area contributed by atoms with E-state index in [1.165, 1.54) is 4.88 Å². The highest BCUT2D eigenvalue weighted by Gasteiger charge is 2.09. The highest BCUT2D eigenvalue weighted by atomic mass is 79.9. The lowest BCUT2D eigenvalue weighted by molar-refractivity contribution is -0.127. The predicted octanol–water partition coefficient (Wildman–Crippen LogP) is 4.31. The van der Waals surface area contributed by atoms with Crippen molar-refractivity contribution in [2.75, 3.05) is 19.4 Å². The highest BCUT2D eigenvalue weighted by molar-refractivity contribution is 9.11. The molecule has 2 aromatic rings. The summed E-state index contributed by atoms with van der Waals surface area (Å²) >= 11 is 5.22. The van der Waals surface area contributed by atoms with Gasteiger partial charge in [-0.3, -0.25) is 4.79 Å². The van der Waals surface area contributed by atoms with Crippen LogP contribution in [0.15, 0.2) is 40.2 Å². The van der Waals surface area contributed by atoms with Crippen molar-refractivity contribution in [3.8, 4) is 0 Å². The van der Waals surface area contributed by atoms with Crippen molar-refractivity contribution in [3.63, 3.8) is 0 Å². The predicted molar refractivity (Wildman–Crippen MR) is 92.9 cm³/mol. The molecular weight excluding hydrogens is 348 g/mol. The Kier molecular flexibility index (Phi) is 5.42. The van der Waals surface area contributed by atoms with Crippen LogP contribution in [0.1, 0.15) is 23.4 Å². The van der Waals surface area contributed by atoms with Gasteiger partial charge in [-0.25, -0.2) is 0 Å². The van der Waals surface area contributed by atoms with Gasteiger partial charge in [0.1, 0.15) is 0 Å². The maximum absolute atomic E-state index is 11.7. The number of likely N-dealkylation sites (N-methyl/N-ethyl adjacent to an activating group) is 1. The average Bonchev–Trinajstić information content (AvgIpc) is 2.87. The van der Waals surface area contributed by atoms with Gasteiger partial charge in [0.2, 0.25) is 5.91 Å². The van der Waals surface area contributed by atoms with Crippen LogP contribution in [0, 0.1) is 0 Å². The van der Waals surface area contributed by atoms with Crippen LogP contribution >= 0.6 is 27.3 Å². The standard InChI is InChI=1S/C16H19BrN2OS/c1-11(14-8-9-15(17)21-14)18-13-6-4-12(5-7-13)10-16(20)19(2)3/h4-9,11,18H,10H2,1-3H3. The summed E-state index contributed by atoms with van der Waals surface area (Å²) in [5.74, 6) is 0.118. The summed E-state index contributed by atoms with van der Waals surface area (Å²) in [7, 11) is 3.55. The number of benzene rings is 1. The number of carbonyl (C=O) groups excluding carboxylic acids is 1. The molecule has 1 N–H and O–H groups in total. The summed E-state index contributed by atoms with van der Waals surface area (Å²) in [5.41, 5.74) is 2.10. The molecule has 0 saturated heterocycles. The van der Waals surface area contributed by atoms with Crippen molar-refractivity contribution >= 4 is 38.9 Å². The first-order valence-electron chi connectivity index (χ1n) is 6.76. The number of hydrogen-bond donors (Lipinski definition) is 1. The van der Waals surface area contributed by atoms with Crippen LogP contribution in [0.2, 0.25) is 0 Å². The normalized spacial score (nSPS) is 12.0. The zero-order chi connectivity index (χ0) is 15.4. The lowest BCUT2D eigenvalue weighted by Crippen LogP contribution is -2.23. The topological polar surface area (TPSA) is 32.3 Å². The van der Waals surface area contributed by atoms with Gasteiger partial charge in [-0.1, -0.05) is 12.1 Å². The quantitative estimate of drug-likeness (QED) is 0.854. The van der Waals surface area contributed by atoms with E-state index in [2.05, 4.69) is 40.3 Å². The Morgan fingerprint density at radius 1 is 1.24 bits per heavy atom. The molecule has 0 radical (unpaired) electrons. The third-order valence-corrected chi connectivity index (χ3v) is 5.02. The molecule has 1 amide bonds. The van der Waals surface area contributed by atoms with Gasteiger partial charge in [0, 0.05) is 24.7 Å². The molecule has 0 fully saturated rings. The van der Waals surface area contributed by atoms with Crippen LogP contribution in [-0.4, -0.2) is 24.9 Å². The maximum atomic E-state index is 11.7. The molecule has 1 unspecified atom stereocenters. The fourth-order valence-corrected chi connectivity index (χ4v) is 3.36. The summed E-state index contributed by atoms with van der Waals surface area (Å²) in [4.78, 5) is 14.6. The monoisotopic (exact) mass is 366 g/mol. The van der Waals surface area contributed by atoms with Crippen LogP contribution in [0.5, 0.6) is 0 Å². The number of rotatable bonds is 5. The first kappa shape index (κ1) is 16.0. The molecule has 0 bridgehead atoms. The molecule has 3 nitrogen and oxygen atoms in total. The average molecular weight is 367 g/mol. The second-order valence-corrected chi connectivity index (χ2v) is 7.66. The largest absolute Gasteiger partial charge is 0.378 e. The molecule has 1 aromatic heterocycles. The van der Waals surface area contributed by atoms with Gasteiger partial charge < -0.3 is 10.2 Å². The zero-order valence-electron chi connectivity index (χ0n) is 12.4. The van der Waals surface area contributed by atoms with Crippen LogP contribution in [0.4, 0.5) is 5.69 Å². The summed E-state index contributed by atoms with van der Waals surface area (Å²) in [6.45, 7) is 2.14. The third-order valence-electron chi connectivity index (χ3n) is 3.21. The minimum atomic E-state index is 0.118. The SMILES string of the molecule is CC(Nc1ccc(CC(=O)N(C)C)cc1)c1ccc(Br)s1. The van der Waals surface area contributed by atoms with Crippen molar-refractivity contribution in [2.45, 2.75) is 19.4 Å². The van der Waals surface area contributed by atoms with Gasteiger partial charge in [0.15, 0.2) is 0 Å². The minimum Gasteiger partial charge on any atom is -0.378 e. The fourth-order valence-electron chi connectivity index (χ4n) is 1.93. The van der Waals surface area contributed by atoms with Crippen LogP contribution in [0.25, 0.3) is 0 Å². The number of nitrogens with one attached hydrogen (secondary N) is 1. The van der Waals surface area contributed by atoms with Crippen molar-refractivity contribution in [3.05, 3.63) is 50.6 Å². The molecule has 5 heteroatoms. The van der Waals surface area contributed by atoms with E-state index in [0.29, 0.717) is 6.42 Å². The molecule has 21 heavy (non-hydrogen) atoms. The number of nitrogens with zero attached hydrogens (tertiary/aromatic N) is 1. The number of halogens is 1. The van der Waals surface area contributed by atoms with Crippen LogP contribution in [0.3, 0.4) is 0 Å². The van der Waals surface area contributed by atoms with E-state index in [0.717, 1.165) is 15.0 Å². The van der Waals surface area contributed by atoms with Crippen LogP contribution in [-0.2, 0) is 11.2 Å². The Morgan fingerprint density at radius 3 is 2.43 bits per heavy atom. The Labute approximate surface area is 138 Å². The number of hydrogen-bond acceptors (Lipinski definition) is 3. The van der Waals surface area contributed by atoms with Crippen molar-refractivity contribution < 1.29 is 4.79 Å². The first-order valence-corrected chi connectivity index (χ1v) is 8.37. The zero-order valence-corrected chi connectivity index (χ0v) is 14.8. The van der Waals surface area contributed by atoms with E-state index in [-0.39, 0.29) is 11.9 Å². The molecular formula is C16H19BrN2OS. The van der Waals surface area contributed by atoms with Gasteiger partial charge in [-0.15, -0.1) is 11.3 Å². The summed E-state index contributed by atoms with van der Waals surface area (Å²) in [6.07, 6.45) is 0.445.